The number of rotatable bonds is 4. The molecule has 0 bridgehead atoms. The third-order valence-electron chi connectivity index (χ3n) is 3.14. The van der Waals surface area contributed by atoms with Crippen LogP contribution in [0.4, 0.5) is 0 Å². The molecule has 0 saturated heterocycles. The summed E-state index contributed by atoms with van der Waals surface area (Å²) in [6, 6.07) is 11.8. The molecule has 0 N–H and O–H groups in total. The van der Waals surface area contributed by atoms with Gasteiger partial charge in [-0.3, -0.25) is 4.68 Å². The molecule has 0 aliphatic rings. The average molecular weight is 268 g/mol. The lowest BCUT2D eigenvalue weighted by molar-refractivity contribution is 0.419. The second kappa shape index (κ2) is 5.28. The number of hydrogen-bond acceptors (Lipinski definition) is 4. The highest BCUT2D eigenvalue weighted by molar-refractivity contribution is 5.51. The van der Waals surface area contributed by atoms with E-state index in [2.05, 4.69) is 21.3 Å². The molecule has 102 valence electrons. The van der Waals surface area contributed by atoms with E-state index < -0.39 is 0 Å². The Morgan fingerprint density at radius 3 is 2.65 bits per heavy atom. The molecular weight excluding hydrogens is 252 g/mol. The minimum absolute atomic E-state index is 0.564. The Balaban J connectivity index is 1.70. The van der Waals surface area contributed by atoms with Crippen LogP contribution in [0.3, 0.4) is 0 Å². The first kappa shape index (κ1) is 12.6. The number of hydrogen-bond donors (Lipinski definition) is 0. The van der Waals surface area contributed by atoms with E-state index in [9.17, 15) is 0 Å². The van der Waals surface area contributed by atoms with Crippen LogP contribution in [0.5, 0.6) is 0 Å². The Hall–Kier alpha value is -2.43. The van der Waals surface area contributed by atoms with Gasteiger partial charge in [-0.05, 0) is 32.0 Å². The van der Waals surface area contributed by atoms with Gasteiger partial charge in [0.1, 0.15) is 0 Å². The molecule has 5 heteroatoms. The Labute approximate surface area is 117 Å². The maximum Gasteiger partial charge on any atom is 0.257 e. The summed E-state index contributed by atoms with van der Waals surface area (Å²) in [4.78, 5) is 4.41. The van der Waals surface area contributed by atoms with Gasteiger partial charge >= 0.3 is 0 Å². The van der Waals surface area contributed by atoms with Crippen LogP contribution < -0.4 is 0 Å². The first-order chi connectivity index (χ1) is 9.72. The van der Waals surface area contributed by atoms with Crippen molar-refractivity contribution in [1.29, 1.82) is 0 Å². The Morgan fingerprint density at radius 2 is 1.95 bits per heavy atom. The predicted octanol–water partition coefficient (Wildman–Crippen LogP) is 2.79. The molecule has 0 atom stereocenters. The highest BCUT2D eigenvalue weighted by atomic mass is 16.5. The van der Waals surface area contributed by atoms with Crippen LogP contribution in [0, 0.1) is 13.8 Å². The summed E-state index contributed by atoms with van der Waals surface area (Å²) < 4.78 is 7.25. The fourth-order valence-corrected chi connectivity index (χ4v) is 2.16. The van der Waals surface area contributed by atoms with Crippen LogP contribution in [0.25, 0.3) is 11.5 Å². The Morgan fingerprint density at radius 1 is 1.15 bits per heavy atom. The van der Waals surface area contributed by atoms with Crippen molar-refractivity contribution in [1.82, 2.24) is 19.9 Å². The van der Waals surface area contributed by atoms with Gasteiger partial charge in [0.15, 0.2) is 5.82 Å². The van der Waals surface area contributed by atoms with E-state index in [1.54, 1.807) is 0 Å². The third kappa shape index (κ3) is 2.61. The molecule has 3 aromatic rings. The van der Waals surface area contributed by atoms with Gasteiger partial charge in [-0.1, -0.05) is 23.4 Å². The van der Waals surface area contributed by atoms with Crippen molar-refractivity contribution in [3.63, 3.8) is 0 Å². The second-order valence-electron chi connectivity index (χ2n) is 4.78. The van der Waals surface area contributed by atoms with E-state index >= 15 is 0 Å². The molecule has 0 unspecified atom stereocenters. The molecule has 2 heterocycles. The summed E-state index contributed by atoms with van der Waals surface area (Å²) >= 11 is 0. The van der Waals surface area contributed by atoms with Crippen molar-refractivity contribution in [2.45, 2.75) is 26.8 Å². The van der Waals surface area contributed by atoms with Gasteiger partial charge in [0, 0.05) is 24.2 Å². The quantitative estimate of drug-likeness (QED) is 0.730. The van der Waals surface area contributed by atoms with Crippen LogP contribution in [0.1, 0.15) is 17.2 Å². The van der Waals surface area contributed by atoms with Crippen LogP contribution in [0.15, 0.2) is 40.9 Å². The summed E-state index contributed by atoms with van der Waals surface area (Å²) in [5, 5.41) is 8.44. The zero-order valence-corrected chi connectivity index (χ0v) is 11.6. The summed E-state index contributed by atoms with van der Waals surface area (Å²) in [7, 11) is 0. The standard InChI is InChI=1S/C15H16N4O/c1-11-10-12(2)19(17-11)9-8-14-16-15(20-18-14)13-6-4-3-5-7-13/h3-7,10H,8-9H2,1-2H3. The molecule has 20 heavy (non-hydrogen) atoms. The molecule has 0 amide bonds. The summed E-state index contributed by atoms with van der Waals surface area (Å²) in [6.45, 7) is 4.80. The van der Waals surface area contributed by atoms with Crippen molar-refractivity contribution in [3.05, 3.63) is 53.6 Å². The van der Waals surface area contributed by atoms with Crippen LogP contribution in [-0.2, 0) is 13.0 Å². The summed E-state index contributed by atoms with van der Waals surface area (Å²) in [5.41, 5.74) is 3.12. The SMILES string of the molecule is Cc1cc(C)n(CCc2noc(-c3ccccc3)n2)n1. The van der Waals surface area contributed by atoms with E-state index in [-0.39, 0.29) is 0 Å². The van der Waals surface area contributed by atoms with Crippen molar-refractivity contribution in [3.8, 4) is 11.5 Å². The highest BCUT2D eigenvalue weighted by Crippen LogP contribution is 2.16. The first-order valence-corrected chi connectivity index (χ1v) is 6.61. The zero-order valence-electron chi connectivity index (χ0n) is 11.6. The molecular formula is C15H16N4O. The van der Waals surface area contributed by atoms with Crippen molar-refractivity contribution >= 4 is 0 Å². The number of aryl methyl sites for hydroxylation is 4. The fourth-order valence-electron chi connectivity index (χ4n) is 2.16. The van der Waals surface area contributed by atoms with E-state index in [4.69, 9.17) is 4.52 Å². The Kier molecular flexibility index (Phi) is 3.33. The predicted molar refractivity (Wildman–Crippen MR) is 75.1 cm³/mol. The lowest BCUT2D eigenvalue weighted by atomic mass is 10.2. The highest BCUT2D eigenvalue weighted by Gasteiger charge is 2.09. The third-order valence-corrected chi connectivity index (χ3v) is 3.14. The van der Waals surface area contributed by atoms with Gasteiger partial charge in [-0.15, -0.1) is 0 Å². The van der Waals surface area contributed by atoms with E-state index in [1.165, 1.54) is 0 Å². The number of benzene rings is 1. The van der Waals surface area contributed by atoms with E-state index in [0.717, 1.165) is 23.5 Å². The van der Waals surface area contributed by atoms with Gasteiger partial charge < -0.3 is 4.52 Å². The summed E-state index contributed by atoms with van der Waals surface area (Å²) in [5.74, 6) is 1.27. The van der Waals surface area contributed by atoms with Crippen molar-refractivity contribution < 1.29 is 4.52 Å². The molecule has 0 spiro atoms. The zero-order chi connectivity index (χ0) is 13.9. The minimum Gasteiger partial charge on any atom is -0.334 e. The topological polar surface area (TPSA) is 56.7 Å². The lowest BCUT2D eigenvalue weighted by Gasteiger charge is -2.00. The van der Waals surface area contributed by atoms with Crippen LogP contribution in [0.2, 0.25) is 0 Å². The van der Waals surface area contributed by atoms with Gasteiger partial charge in [0.25, 0.3) is 5.89 Å². The molecule has 0 radical (unpaired) electrons. The number of nitrogens with zero attached hydrogens (tertiary/aromatic N) is 4. The first-order valence-electron chi connectivity index (χ1n) is 6.61. The molecule has 0 aliphatic carbocycles. The molecule has 5 nitrogen and oxygen atoms in total. The maximum absolute atomic E-state index is 5.28. The molecule has 0 fully saturated rings. The van der Waals surface area contributed by atoms with Gasteiger partial charge in [0.2, 0.25) is 0 Å². The van der Waals surface area contributed by atoms with E-state index in [0.29, 0.717) is 18.1 Å². The van der Waals surface area contributed by atoms with Gasteiger partial charge in [0.05, 0.1) is 5.69 Å². The fraction of sp³-hybridized carbons (Fsp3) is 0.267. The average Bonchev–Trinajstić information content (AvgIpc) is 3.04. The molecule has 1 aromatic carbocycles. The van der Waals surface area contributed by atoms with E-state index in [1.807, 2.05) is 48.9 Å². The van der Waals surface area contributed by atoms with Crippen molar-refractivity contribution in [2.24, 2.45) is 0 Å². The van der Waals surface area contributed by atoms with Crippen molar-refractivity contribution in [2.75, 3.05) is 0 Å². The van der Waals surface area contributed by atoms with Crippen LogP contribution in [-0.4, -0.2) is 19.9 Å². The molecule has 2 aromatic heterocycles. The smallest absolute Gasteiger partial charge is 0.257 e. The Bertz CT molecular complexity index is 700. The van der Waals surface area contributed by atoms with Gasteiger partial charge in [-0.2, -0.15) is 10.1 Å². The number of aromatic nitrogens is 4. The van der Waals surface area contributed by atoms with Crippen LogP contribution >= 0.6 is 0 Å². The minimum atomic E-state index is 0.564. The monoisotopic (exact) mass is 268 g/mol. The second-order valence-corrected chi connectivity index (χ2v) is 4.78. The molecule has 3 rings (SSSR count). The molecule has 0 saturated carbocycles. The largest absolute Gasteiger partial charge is 0.334 e. The van der Waals surface area contributed by atoms with Gasteiger partial charge in [-0.25, -0.2) is 0 Å². The normalized spacial score (nSPS) is 10.9. The summed E-state index contributed by atoms with van der Waals surface area (Å²) in [6.07, 6.45) is 0.707. The lowest BCUT2D eigenvalue weighted by Crippen LogP contribution is -2.06. The maximum atomic E-state index is 5.28. The molecule has 0 aliphatic heterocycles.